The number of hydrogen-bond donors (Lipinski definition) is 1. The molecule has 0 saturated carbocycles. The van der Waals surface area contributed by atoms with Crippen LogP contribution in [0, 0.1) is 5.92 Å². The molecule has 0 unspecified atom stereocenters. The number of ether oxygens (including phenoxy) is 1. The van der Waals surface area contributed by atoms with Crippen LogP contribution in [0.5, 0.6) is 0 Å². The van der Waals surface area contributed by atoms with E-state index in [0.29, 0.717) is 5.92 Å². The summed E-state index contributed by atoms with van der Waals surface area (Å²) in [5.74, 6) is 0.700. The minimum Gasteiger partial charge on any atom is -0.385 e. The van der Waals surface area contributed by atoms with Crippen molar-refractivity contribution in [3.63, 3.8) is 0 Å². The van der Waals surface area contributed by atoms with Gasteiger partial charge in [-0.2, -0.15) is 0 Å². The van der Waals surface area contributed by atoms with Gasteiger partial charge in [0.25, 0.3) is 0 Å². The molecule has 1 aromatic carbocycles. The number of benzene rings is 1. The van der Waals surface area contributed by atoms with Crippen LogP contribution >= 0.6 is 0 Å². The summed E-state index contributed by atoms with van der Waals surface area (Å²) >= 11 is 0. The predicted molar refractivity (Wildman–Crippen MR) is 82.7 cm³/mol. The summed E-state index contributed by atoms with van der Waals surface area (Å²) in [4.78, 5) is 2.27. The van der Waals surface area contributed by atoms with Gasteiger partial charge in [-0.15, -0.1) is 0 Å². The molecular formula is C16H28N2O. The third-order valence-electron chi connectivity index (χ3n) is 3.10. The first-order valence-corrected chi connectivity index (χ1v) is 7.13. The topological polar surface area (TPSA) is 24.5 Å². The van der Waals surface area contributed by atoms with Gasteiger partial charge in [0, 0.05) is 39.5 Å². The van der Waals surface area contributed by atoms with E-state index >= 15 is 0 Å². The van der Waals surface area contributed by atoms with Gasteiger partial charge < -0.3 is 15.0 Å². The van der Waals surface area contributed by atoms with Gasteiger partial charge in [0.1, 0.15) is 0 Å². The predicted octanol–water partition coefficient (Wildman–Crippen LogP) is 2.90. The quantitative estimate of drug-likeness (QED) is 0.694. The van der Waals surface area contributed by atoms with Crippen molar-refractivity contribution < 1.29 is 4.74 Å². The lowest BCUT2D eigenvalue weighted by Gasteiger charge is -2.19. The average Bonchev–Trinajstić information content (AvgIpc) is 2.39. The Bertz CT molecular complexity index is 335. The fourth-order valence-electron chi connectivity index (χ4n) is 1.95. The molecular weight excluding hydrogens is 236 g/mol. The summed E-state index contributed by atoms with van der Waals surface area (Å²) < 4.78 is 5.08. The normalized spacial score (nSPS) is 11.0. The third-order valence-corrected chi connectivity index (χ3v) is 3.10. The molecule has 108 valence electrons. The van der Waals surface area contributed by atoms with Gasteiger partial charge >= 0.3 is 0 Å². The van der Waals surface area contributed by atoms with Gasteiger partial charge in [0.05, 0.1) is 0 Å². The molecule has 0 atom stereocenters. The second kappa shape index (κ2) is 8.94. The average molecular weight is 264 g/mol. The second-order valence-corrected chi connectivity index (χ2v) is 5.46. The van der Waals surface area contributed by atoms with Crippen molar-refractivity contribution >= 4 is 5.69 Å². The lowest BCUT2D eigenvalue weighted by atomic mass is 10.1. The van der Waals surface area contributed by atoms with Crippen molar-refractivity contribution in [1.29, 1.82) is 0 Å². The highest BCUT2D eigenvalue weighted by Gasteiger charge is 2.01. The summed E-state index contributed by atoms with van der Waals surface area (Å²) in [5, 5.41) is 3.46. The molecule has 1 aromatic rings. The molecule has 0 aliphatic carbocycles. The SMILES string of the molecule is COCCCN(C)c1ccc(CNCC(C)C)cc1. The summed E-state index contributed by atoms with van der Waals surface area (Å²) in [6, 6.07) is 8.79. The first-order chi connectivity index (χ1) is 9.13. The van der Waals surface area contributed by atoms with E-state index < -0.39 is 0 Å². The Labute approximate surface area is 118 Å². The zero-order chi connectivity index (χ0) is 14.1. The van der Waals surface area contributed by atoms with Crippen LogP contribution in [0.15, 0.2) is 24.3 Å². The molecule has 0 aliphatic rings. The van der Waals surface area contributed by atoms with E-state index in [9.17, 15) is 0 Å². The zero-order valence-corrected chi connectivity index (χ0v) is 12.8. The van der Waals surface area contributed by atoms with Crippen LogP contribution in [0.4, 0.5) is 5.69 Å². The largest absolute Gasteiger partial charge is 0.385 e. The number of methoxy groups -OCH3 is 1. The van der Waals surface area contributed by atoms with Gasteiger partial charge in [0.15, 0.2) is 0 Å². The van der Waals surface area contributed by atoms with E-state index in [4.69, 9.17) is 4.74 Å². The van der Waals surface area contributed by atoms with Crippen molar-refractivity contribution in [2.24, 2.45) is 5.92 Å². The number of nitrogens with one attached hydrogen (secondary N) is 1. The summed E-state index contributed by atoms with van der Waals surface area (Å²) in [7, 11) is 3.88. The van der Waals surface area contributed by atoms with Crippen molar-refractivity contribution in [2.75, 3.05) is 38.8 Å². The summed E-state index contributed by atoms with van der Waals surface area (Å²) in [6.07, 6.45) is 1.06. The van der Waals surface area contributed by atoms with Gasteiger partial charge in [-0.1, -0.05) is 26.0 Å². The maximum absolute atomic E-state index is 5.08. The molecule has 3 nitrogen and oxygen atoms in total. The highest BCUT2D eigenvalue weighted by atomic mass is 16.5. The Morgan fingerprint density at radius 1 is 1.21 bits per heavy atom. The second-order valence-electron chi connectivity index (χ2n) is 5.46. The highest BCUT2D eigenvalue weighted by Crippen LogP contribution is 2.14. The fraction of sp³-hybridized carbons (Fsp3) is 0.625. The van der Waals surface area contributed by atoms with Crippen LogP contribution in [0.1, 0.15) is 25.8 Å². The monoisotopic (exact) mass is 264 g/mol. The van der Waals surface area contributed by atoms with E-state index in [2.05, 4.69) is 55.4 Å². The van der Waals surface area contributed by atoms with Crippen LogP contribution < -0.4 is 10.2 Å². The molecule has 0 fully saturated rings. The molecule has 3 heteroatoms. The van der Waals surface area contributed by atoms with Crippen molar-refractivity contribution in [1.82, 2.24) is 5.32 Å². The molecule has 19 heavy (non-hydrogen) atoms. The van der Waals surface area contributed by atoms with Crippen LogP contribution in [0.2, 0.25) is 0 Å². The van der Waals surface area contributed by atoms with Crippen LogP contribution in [0.3, 0.4) is 0 Å². The number of anilines is 1. The molecule has 0 bridgehead atoms. The number of nitrogens with zero attached hydrogens (tertiary/aromatic N) is 1. The summed E-state index contributed by atoms with van der Waals surface area (Å²) in [5.41, 5.74) is 2.61. The first-order valence-electron chi connectivity index (χ1n) is 7.13. The van der Waals surface area contributed by atoms with Crippen LogP contribution in [0.25, 0.3) is 0 Å². The third kappa shape index (κ3) is 6.60. The Hall–Kier alpha value is -1.06. The Morgan fingerprint density at radius 3 is 2.47 bits per heavy atom. The maximum Gasteiger partial charge on any atom is 0.0479 e. The van der Waals surface area contributed by atoms with E-state index in [1.807, 2.05) is 0 Å². The molecule has 0 heterocycles. The number of hydrogen-bond acceptors (Lipinski definition) is 3. The molecule has 0 radical (unpaired) electrons. The minimum absolute atomic E-state index is 0.700. The number of rotatable bonds is 9. The Balaban J connectivity index is 2.37. The maximum atomic E-state index is 5.08. The Morgan fingerprint density at radius 2 is 1.89 bits per heavy atom. The van der Waals surface area contributed by atoms with Gasteiger partial charge in [-0.05, 0) is 36.6 Å². The Kier molecular flexibility index (Phi) is 7.53. The molecule has 0 aliphatic heterocycles. The minimum atomic E-state index is 0.700. The molecule has 0 saturated heterocycles. The molecule has 0 amide bonds. The summed E-state index contributed by atoms with van der Waals surface area (Å²) in [6.45, 7) is 8.32. The first kappa shape index (κ1) is 16.0. The standard InChI is InChI=1S/C16H28N2O/c1-14(2)12-17-13-15-6-8-16(9-7-15)18(3)10-5-11-19-4/h6-9,14,17H,5,10-13H2,1-4H3. The van der Waals surface area contributed by atoms with Crippen molar-refractivity contribution in [3.8, 4) is 0 Å². The van der Waals surface area contributed by atoms with E-state index in [0.717, 1.165) is 32.7 Å². The lowest BCUT2D eigenvalue weighted by Crippen LogP contribution is -2.20. The van der Waals surface area contributed by atoms with Gasteiger partial charge in [-0.3, -0.25) is 0 Å². The van der Waals surface area contributed by atoms with Crippen LogP contribution in [-0.4, -0.2) is 33.9 Å². The zero-order valence-electron chi connectivity index (χ0n) is 12.8. The molecule has 0 spiro atoms. The van der Waals surface area contributed by atoms with Crippen LogP contribution in [-0.2, 0) is 11.3 Å². The van der Waals surface area contributed by atoms with E-state index in [1.54, 1.807) is 7.11 Å². The van der Waals surface area contributed by atoms with Gasteiger partial charge in [0.2, 0.25) is 0 Å². The van der Waals surface area contributed by atoms with Crippen molar-refractivity contribution in [2.45, 2.75) is 26.8 Å². The van der Waals surface area contributed by atoms with Crippen molar-refractivity contribution in [3.05, 3.63) is 29.8 Å². The fourth-order valence-corrected chi connectivity index (χ4v) is 1.95. The lowest BCUT2D eigenvalue weighted by molar-refractivity contribution is 0.196. The smallest absolute Gasteiger partial charge is 0.0479 e. The molecule has 1 rings (SSSR count). The van der Waals surface area contributed by atoms with E-state index in [1.165, 1.54) is 11.3 Å². The highest BCUT2D eigenvalue weighted by molar-refractivity contribution is 5.46. The van der Waals surface area contributed by atoms with Gasteiger partial charge in [-0.25, -0.2) is 0 Å². The molecule has 1 N–H and O–H groups in total. The van der Waals surface area contributed by atoms with E-state index in [-0.39, 0.29) is 0 Å². The molecule has 0 aromatic heterocycles.